The van der Waals surface area contributed by atoms with Gasteiger partial charge < -0.3 is 9.84 Å². The van der Waals surface area contributed by atoms with Crippen molar-refractivity contribution in [3.63, 3.8) is 0 Å². The fourth-order valence-corrected chi connectivity index (χ4v) is 8.43. The number of hydrogen-bond donors (Lipinski definition) is 1. The maximum atomic E-state index is 11.5. The highest BCUT2D eigenvalue weighted by Crippen LogP contribution is 2.67. The molecule has 4 rings (SSSR count). The molecule has 27 heavy (non-hydrogen) atoms. The molecule has 3 heteroatoms. The number of esters is 1. The van der Waals surface area contributed by atoms with Crippen molar-refractivity contribution in [2.24, 2.45) is 40.4 Å². The molecule has 0 aromatic rings. The Morgan fingerprint density at radius 3 is 2.59 bits per heavy atom. The Bertz CT molecular complexity index is 560. The van der Waals surface area contributed by atoms with Gasteiger partial charge in [-0.2, -0.15) is 0 Å². The predicted octanol–water partition coefficient (Wildman–Crippen LogP) is 5.35. The minimum Gasteiger partial charge on any atom is -0.469 e. The van der Waals surface area contributed by atoms with Crippen molar-refractivity contribution in [1.29, 1.82) is 0 Å². The minimum atomic E-state index is -0.0791. The van der Waals surface area contributed by atoms with E-state index in [2.05, 4.69) is 13.8 Å². The molecule has 0 aliphatic heterocycles. The second-order valence-electron chi connectivity index (χ2n) is 10.8. The van der Waals surface area contributed by atoms with E-state index in [1.54, 1.807) is 0 Å². The van der Waals surface area contributed by atoms with E-state index in [4.69, 9.17) is 4.74 Å². The van der Waals surface area contributed by atoms with Crippen molar-refractivity contribution in [2.45, 2.75) is 97.0 Å². The summed E-state index contributed by atoms with van der Waals surface area (Å²) in [6, 6.07) is 0. The lowest BCUT2D eigenvalue weighted by molar-refractivity contribution is -0.162. The van der Waals surface area contributed by atoms with Crippen molar-refractivity contribution >= 4 is 5.97 Å². The fourth-order valence-electron chi connectivity index (χ4n) is 8.43. The normalized spacial score (nSPS) is 49.0. The van der Waals surface area contributed by atoms with Gasteiger partial charge in [0.2, 0.25) is 0 Å². The smallest absolute Gasteiger partial charge is 0.305 e. The zero-order valence-corrected chi connectivity index (χ0v) is 17.7. The molecule has 4 saturated carbocycles. The third-order valence-electron chi connectivity index (χ3n) is 9.96. The molecule has 4 fully saturated rings. The van der Waals surface area contributed by atoms with Crippen LogP contribution in [0.4, 0.5) is 0 Å². The summed E-state index contributed by atoms with van der Waals surface area (Å²) in [5.74, 6) is 3.35. The third kappa shape index (κ3) is 3.16. The van der Waals surface area contributed by atoms with Crippen LogP contribution >= 0.6 is 0 Å². The number of rotatable bonds is 4. The molecule has 0 radical (unpaired) electrons. The van der Waals surface area contributed by atoms with Gasteiger partial charge in [0.1, 0.15) is 0 Å². The number of aliphatic hydroxyl groups excluding tert-OH is 1. The van der Waals surface area contributed by atoms with Crippen LogP contribution in [0.2, 0.25) is 0 Å². The lowest BCUT2D eigenvalue weighted by atomic mass is 9.44. The summed E-state index contributed by atoms with van der Waals surface area (Å²) in [7, 11) is 1.49. The largest absolute Gasteiger partial charge is 0.469 e. The summed E-state index contributed by atoms with van der Waals surface area (Å²) in [6.07, 6.45) is 14.3. The first-order chi connectivity index (χ1) is 12.9. The van der Waals surface area contributed by atoms with Gasteiger partial charge in [0.15, 0.2) is 0 Å². The molecule has 0 spiro atoms. The molecule has 0 heterocycles. The Morgan fingerprint density at radius 1 is 1.04 bits per heavy atom. The molecule has 4 aliphatic carbocycles. The van der Waals surface area contributed by atoms with Gasteiger partial charge in [-0.3, -0.25) is 4.79 Å². The van der Waals surface area contributed by atoms with E-state index >= 15 is 0 Å². The molecular weight excluding hydrogens is 336 g/mol. The molecule has 4 aliphatic rings. The summed E-state index contributed by atoms with van der Waals surface area (Å²) in [6.45, 7) is 5.09. The number of methoxy groups -OCH3 is 1. The van der Waals surface area contributed by atoms with E-state index in [0.29, 0.717) is 29.1 Å². The number of carbonyl (C=O) groups excluding carboxylic acids is 1. The van der Waals surface area contributed by atoms with Crippen LogP contribution < -0.4 is 0 Å². The molecule has 154 valence electrons. The van der Waals surface area contributed by atoms with Gasteiger partial charge in [0, 0.05) is 6.42 Å². The van der Waals surface area contributed by atoms with Crippen molar-refractivity contribution in [2.75, 3.05) is 7.11 Å². The van der Waals surface area contributed by atoms with Gasteiger partial charge >= 0.3 is 5.97 Å². The van der Waals surface area contributed by atoms with Crippen molar-refractivity contribution in [3.8, 4) is 0 Å². The van der Waals surface area contributed by atoms with Crippen LogP contribution in [0.1, 0.15) is 90.9 Å². The van der Waals surface area contributed by atoms with Crippen molar-refractivity contribution in [1.82, 2.24) is 0 Å². The molecule has 0 amide bonds. The maximum absolute atomic E-state index is 11.5. The Kier molecular flexibility index (Phi) is 5.37. The van der Waals surface area contributed by atoms with Crippen molar-refractivity contribution < 1.29 is 14.6 Å². The highest BCUT2D eigenvalue weighted by molar-refractivity contribution is 5.68. The van der Waals surface area contributed by atoms with E-state index < -0.39 is 0 Å². The number of ether oxygens (including phenoxy) is 1. The summed E-state index contributed by atoms with van der Waals surface area (Å²) < 4.78 is 4.82. The first-order valence-corrected chi connectivity index (χ1v) is 11.6. The average molecular weight is 377 g/mol. The maximum Gasteiger partial charge on any atom is 0.305 e. The number of hydrogen-bond acceptors (Lipinski definition) is 3. The highest BCUT2D eigenvalue weighted by atomic mass is 16.5. The van der Waals surface area contributed by atoms with Crippen molar-refractivity contribution in [3.05, 3.63) is 0 Å². The van der Waals surface area contributed by atoms with Gasteiger partial charge in [0.25, 0.3) is 0 Å². The van der Waals surface area contributed by atoms with Crippen LogP contribution in [-0.4, -0.2) is 24.3 Å². The van der Waals surface area contributed by atoms with E-state index in [0.717, 1.165) is 37.0 Å². The lowest BCUT2D eigenvalue weighted by Crippen LogP contribution is -2.57. The van der Waals surface area contributed by atoms with E-state index in [9.17, 15) is 9.90 Å². The van der Waals surface area contributed by atoms with Gasteiger partial charge in [-0.15, -0.1) is 0 Å². The van der Waals surface area contributed by atoms with Gasteiger partial charge in [-0.05, 0) is 98.2 Å². The van der Waals surface area contributed by atoms with Crippen LogP contribution in [0, 0.1) is 40.4 Å². The predicted molar refractivity (Wildman–Crippen MR) is 107 cm³/mol. The standard InChI is InChI=1S/C24H40O3/c1-23-13-5-4-7-17(23)15-20(25)22-18-11-10-16(8-6-9-21(26)27-3)24(18,2)14-12-19(22)23/h16-20,22,25H,4-15H2,1-3H3. The van der Waals surface area contributed by atoms with Gasteiger partial charge in [-0.25, -0.2) is 0 Å². The summed E-state index contributed by atoms with van der Waals surface area (Å²) >= 11 is 0. The van der Waals surface area contributed by atoms with E-state index in [-0.39, 0.29) is 12.1 Å². The Labute approximate surface area is 165 Å². The topological polar surface area (TPSA) is 46.5 Å². The molecule has 0 bridgehead atoms. The van der Waals surface area contributed by atoms with Gasteiger partial charge in [0.05, 0.1) is 13.2 Å². The molecule has 3 nitrogen and oxygen atoms in total. The molecule has 8 atom stereocenters. The Hall–Kier alpha value is -0.570. The van der Waals surface area contributed by atoms with Crippen LogP contribution in [0.25, 0.3) is 0 Å². The van der Waals surface area contributed by atoms with Crippen LogP contribution in [-0.2, 0) is 9.53 Å². The fraction of sp³-hybridized carbons (Fsp3) is 0.958. The zero-order chi connectivity index (χ0) is 19.2. The quantitative estimate of drug-likeness (QED) is 0.673. The van der Waals surface area contributed by atoms with Crippen LogP contribution in [0.15, 0.2) is 0 Å². The van der Waals surface area contributed by atoms with E-state index in [1.165, 1.54) is 58.5 Å². The third-order valence-corrected chi connectivity index (χ3v) is 9.96. The monoisotopic (exact) mass is 376 g/mol. The minimum absolute atomic E-state index is 0.0719. The lowest BCUT2D eigenvalue weighted by Gasteiger charge is -2.62. The zero-order valence-electron chi connectivity index (χ0n) is 17.7. The molecule has 0 aromatic heterocycles. The molecule has 8 unspecified atom stereocenters. The number of aliphatic hydroxyl groups is 1. The highest BCUT2D eigenvalue weighted by Gasteiger charge is 2.61. The molecule has 0 aromatic carbocycles. The van der Waals surface area contributed by atoms with Crippen LogP contribution in [0.5, 0.6) is 0 Å². The average Bonchev–Trinajstić information content (AvgIpc) is 2.98. The summed E-state index contributed by atoms with van der Waals surface area (Å²) in [5.41, 5.74) is 0.850. The molecule has 1 N–H and O–H groups in total. The Balaban J connectivity index is 1.49. The number of fused-ring (bicyclic) bond motifs is 5. The first kappa shape index (κ1) is 19.7. The molecule has 0 saturated heterocycles. The van der Waals surface area contributed by atoms with Gasteiger partial charge in [-0.1, -0.05) is 26.7 Å². The summed E-state index contributed by atoms with van der Waals surface area (Å²) in [5, 5.41) is 11.2. The summed E-state index contributed by atoms with van der Waals surface area (Å²) in [4.78, 5) is 11.5. The van der Waals surface area contributed by atoms with E-state index in [1.807, 2.05) is 0 Å². The number of carbonyl (C=O) groups is 1. The second-order valence-corrected chi connectivity index (χ2v) is 10.8. The second kappa shape index (κ2) is 7.35. The Morgan fingerprint density at radius 2 is 1.81 bits per heavy atom. The SMILES string of the molecule is COC(=O)CCCC1CCC2C3C(O)CC4CCCCC4(C)C3CCC12C. The van der Waals surface area contributed by atoms with Crippen LogP contribution in [0.3, 0.4) is 0 Å². The molecular formula is C24H40O3. The first-order valence-electron chi connectivity index (χ1n) is 11.6.